The molecule has 3 aromatic heterocycles. The molecule has 11 unspecified atom stereocenters. The van der Waals surface area contributed by atoms with Crippen LogP contribution in [0.2, 0.25) is 0 Å². The number of nitrogens with one attached hydrogen (secondary N) is 4. The van der Waals surface area contributed by atoms with E-state index in [0.717, 1.165) is 15.3 Å². The smallest absolute Gasteiger partial charge is 0.481 e. The summed E-state index contributed by atoms with van der Waals surface area (Å²) in [6, 6.07) is 0. The molecule has 54 heteroatoms. The number of phosphoric ester groups is 1. The van der Waals surface area contributed by atoms with Gasteiger partial charge in [-0.05, 0) is 22.6 Å². The van der Waals surface area contributed by atoms with E-state index in [-0.39, 0.29) is 157 Å². The summed E-state index contributed by atoms with van der Waals surface area (Å²) in [6.45, 7) is 2.57. The van der Waals surface area contributed by atoms with Crippen LogP contribution in [0.5, 0.6) is 0 Å². The number of esters is 3. The number of anilines is 3. The molecule has 3 aliphatic heterocycles. The number of terminal acetylenes is 1. The van der Waals surface area contributed by atoms with Gasteiger partial charge in [0.2, 0.25) is 17.7 Å². The number of aromatic nitrogens is 6. The van der Waals surface area contributed by atoms with Gasteiger partial charge in [0.05, 0.1) is 84.9 Å². The number of rotatable bonds is 29. The number of hydrogen-bond acceptors (Lipinski definition) is 36. The van der Waals surface area contributed by atoms with E-state index >= 15 is 0 Å². The average molecular weight is 1770 g/mol. The number of carbonyl (C=O) groups is 9. The molecule has 3 saturated heterocycles. The normalized spacial score (nSPS) is 19.4. The molecule has 112 heavy (non-hydrogen) atoms. The SMILES string of the molecule is C#CCOC(=O)CCNC(C)=O.CC(=O)NCCC(=O)OCC#Cc1cn(C2CC(O)C(CO)O2)c(=O)nc1N.CC(=O)NCCC(=O)OCC#Cc1cn(C2CC(O)C(COP(=O)(O)OP(=O)(O)OP(=O)(O)O)O2)c(=O)nc1N.NCCC(=O)O.Nc1nc(=O)n(C2CC(O)C(CO)O2)cc1I.O=C(O)CCNC(=O)O. The fraction of sp³-hybridized carbons (Fsp3) is 0.534. The van der Waals surface area contributed by atoms with Crippen molar-refractivity contribution >= 4 is 117 Å². The van der Waals surface area contributed by atoms with E-state index in [9.17, 15) is 96.3 Å². The summed E-state index contributed by atoms with van der Waals surface area (Å²) in [5, 5.41) is 80.7. The Morgan fingerprint density at radius 2 is 0.911 bits per heavy atom. The monoisotopic (exact) mass is 1770 g/mol. The number of nitrogen functional groups attached to an aromatic ring is 3. The molecule has 6 heterocycles. The number of carbonyl (C=O) groups excluding carboxylic acids is 6. The summed E-state index contributed by atoms with van der Waals surface area (Å²) >= 11 is 1.96. The Kier molecular flexibility index (Phi) is 46.0. The minimum atomic E-state index is -5.74. The summed E-state index contributed by atoms with van der Waals surface area (Å²) in [5.74, 6) is 8.15. The molecule has 0 saturated carbocycles. The second-order valence-corrected chi connectivity index (χ2v) is 27.6. The lowest BCUT2D eigenvalue weighted by Crippen LogP contribution is -2.29. The van der Waals surface area contributed by atoms with E-state index in [1.165, 1.54) is 37.7 Å². The van der Waals surface area contributed by atoms with Gasteiger partial charge in [0.15, 0.2) is 19.8 Å². The number of carboxylic acid groups (broad SMARTS) is 3. The van der Waals surface area contributed by atoms with Gasteiger partial charge in [0.1, 0.15) is 54.4 Å². The minimum absolute atomic E-state index is 0.0150. The van der Waals surface area contributed by atoms with E-state index in [4.69, 9.17) is 88.4 Å². The Bertz CT molecular complexity index is 4200. The fourth-order valence-electron chi connectivity index (χ4n) is 8.10. The van der Waals surface area contributed by atoms with Gasteiger partial charge in [0.25, 0.3) is 0 Å². The van der Waals surface area contributed by atoms with Crippen LogP contribution in [0, 0.1) is 39.6 Å². The molecule has 0 radical (unpaired) electrons. The maximum Gasteiger partial charge on any atom is 0.490 e. The van der Waals surface area contributed by atoms with Crippen molar-refractivity contribution in [3.05, 3.63) is 64.7 Å². The number of aliphatic hydroxyl groups is 5. The van der Waals surface area contributed by atoms with E-state index in [1.807, 2.05) is 27.9 Å². The van der Waals surface area contributed by atoms with Crippen molar-refractivity contribution in [2.75, 3.05) is 89.6 Å². The van der Waals surface area contributed by atoms with Gasteiger partial charge in [-0.3, -0.25) is 56.6 Å². The molecule has 0 bridgehead atoms. The van der Waals surface area contributed by atoms with Crippen molar-refractivity contribution in [3.63, 3.8) is 0 Å². The lowest BCUT2D eigenvalue weighted by atomic mass is 10.2. The van der Waals surface area contributed by atoms with Crippen LogP contribution in [0.25, 0.3) is 0 Å². The highest BCUT2D eigenvalue weighted by Crippen LogP contribution is 2.66. The van der Waals surface area contributed by atoms with Crippen LogP contribution in [0.3, 0.4) is 0 Å². The zero-order valence-electron chi connectivity index (χ0n) is 59.3. The molecule has 3 aromatic rings. The average Bonchev–Trinajstić information content (AvgIpc) is 1.53. The van der Waals surface area contributed by atoms with Crippen molar-refractivity contribution in [1.82, 2.24) is 49.9 Å². The fourth-order valence-corrected chi connectivity index (χ4v) is 11.5. The number of hydrogen-bond donors (Lipinski definition) is 20. The first-order valence-electron chi connectivity index (χ1n) is 31.8. The standard InChI is InChI=1S/C17H25N4O16P3.C17H22N4O7.C9H12IN3O4.C8H11NO3.C4H7NO4.C3H7NO2/c1-10(22)19-5-4-15(24)33-6-2-3-11-8-21(17(25)20-16(11)18)14-7-12(23)13(35-14)9-34-39(29,30)37-40(31,32)36-38(26,27)28;1-10(23)19-5-4-15(25)27-6-2-3-11-8-21(17(26)20-16(11)18)14-7-12(24)13(9-22)28-14;10-4-2-13(9(16)12-8(4)11)7-1-5(15)6(3-14)17-7;1-3-6-12-8(11)4-5-9-7(2)10;6-3(7)1-2-5-4(8)9;4-2-1-3(5)6/h8,12-14,23H,4-7,9H2,1H3,(H,19,22)(H,29,30)(H,31,32)(H2,18,20,25)(H2,26,27,28);8,12-14,22,24H,4-7,9H2,1H3,(H,19,23)(H2,18,20,26);2,5-7,14-15H,1,3H2,(H2,11,12,16);1H,4-6H2,2H3,(H,9,10);5H,1-2H2,(H,6,7)(H,8,9);1-2,4H2,(H,5,6). The highest BCUT2D eigenvalue weighted by molar-refractivity contribution is 14.1. The lowest BCUT2D eigenvalue weighted by molar-refractivity contribution is -0.143. The minimum Gasteiger partial charge on any atom is -0.481 e. The number of aliphatic hydroxyl groups excluding tert-OH is 5. The molecular formula is C58H84IN14O36P3. The first-order chi connectivity index (χ1) is 52.3. The van der Waals surface area contributed by atoms with Gasteiger partial charge < -0.3 is 133 Å². The van der Waals surface area contributed by atoms with Crippen LogP contribution in [0.4, 0.5) is 22.2 Å². The van der Waals surface area contributed by atoms with E-state index in [1.54, 1.807) is 0 Å². The number of aliphatic carboxylic acids is 2. The van der Waals surface area contributed by atoms with E-state index in [2.05, 4.69) is 78.4 Å². The quantitative estimate of drug-likeness (QED) is 0.0101. The van der Waals surface area contributed by atoms with Gasteiger partial charge in [-0.25, -0.2) is 32.9 Å². The second-order valence-electron chi connectivity index (χ2n) is 22.0. The molecular weight excluding hydrogens is 1690 g/mol. The number of carboxylic acids is 2. The Balaban J connectivity index is 0.000000750. The van der Waals surface area contributed by atoms with Crippen LogP contribution in [-0.4, -0.2) is 252 Å². The number of ether oxygens (including phenoxy) is 6. The zero-order valence-corrected chi connectivity index (χ0v) is 64.2. The van der Waals surface area contributed by atoms with Crippen molar-refractivity contribution in [2.24, 2.45) is 5.73 Å². The molecule has 50 nitrogen and oxygen atoms in total. The first kappa shape index (κ1) is 101. The molecule has 11 atom stereocenters. The second kappa shape index (κ2) is 51.2. The van der Waals surface area contributed by atoms with Gasteiger partial charge in [-0.2, -0.15) is 23.6 Å². The third kappa shape index (κ3) is 42.2. The van der Waals surface area contributed by atoms with Crippen LogP contribution in [0.15, 0.2) is 33.0 Å². The largest absolute Gasteiger partial charge is 0.490 e. The molecule has 24 N–H and O–H groups in total. The molecule has 0 aromatic carbocycles. The lowest BCUT2D eigenvalue weighted by Gasteiger charge is -2.19. The van der Waals surface area contributed by atoms with Crippen LogP contribution in [-0.2, 0) is 93.6 Å². The van der Waals surface area contributed by atoms with E-state index < -0.39 is 138 Å². The summed E-state index contributed by atoms with van der Waals surface area (Å²) in [6.07, 6.45) is -0.859. The number of amides is 4. The summed E-state index contributed by atoms with van der Waals surface area (Å²) in [4.78, 5) is 177. The predicted octanol–water partition coefficient (Wildman–Crippen LogP) is -5.97. The van der Waals surface area contributed by atoms with Crippen molar-refractivity contribution in [1.29, 1.82) is 0 Å². The van der Waals surface area contributed by atoms with Crippen molar-refractivity contribution in [3.8, 4) is 36.0 Å². The summed E-state index contributed by atoms with van der Waals surface area (Å²) in [7, 11) is -16.8. The molecule has 4 amide bonds. The van der Waals surface area contributed by atoms with Crippen LogP contribution < -0.4 is 61.3 Å². The molecule has 3 fully saturated rings. The Labute approximate surface area is 646 Å². The molecule has 3 aliphatic rings. The maximum absolute atomic E-state index is 12.3. The zero-order chi connectivity index (χ0) is 85.2. The Morgan fingerprint density at radius 3 is 1.24 bits per heavy atom. The molecule has 0 aliphatic carbocycles. The Hall–Kier alpha value is -9.47. The maximum atomic E-state index is 12.3. The number of halogens is 1. The van der Waals surface area contributed by atoms with Crippen molar-refractivity contribution < 1.29 is 159 Å². The van der Waals surface area contributed by atoms with Gasteiger partial charge >= 0.3 is 76.5 Å². The van der Waals surface area contributed by atoms with Gasteiger partial charge in [-0.15, -0.1) is 6.42 Å². The van der Waals surface area contributed by atoms with Crippen LogP contribution >= 0.6 is 46.1 Å². The Morgan fingerprint density at radius 1 is 0.554 bits per heavy atom. The topological polar surface area (TPSA) is 788 Å². The molecule has 624 valence electrons. The number of phosphoric acid groups is 3. The number of nitrogens with two attached hydrogens (primary N) is 4. The van der Waals surface area contributed by atoms with E-state index in [0.29, 0.717) is 10.1 Å². The third-order valence-corrected chi connectivity index (χ3v) is 17.7. The summed E-state index contributed by atoms with van der Waals surface area (Å²) < 4.78 is 80.1. The predicted molar refractivity (Wildman–Crippen MR) is 384 cm³/mol. The van der Waals surface area contributed by atoms with Crippen LogP contribution in [0.1, 0.15) is 102 Å². The molecule has 6 rings (SSSR count). The number of nitrogens with zero attached hydrogens (tertiary/aromatic N) is 6. The first-order valence-corrected chi connectivity index (χ1v) is 37.4. The molecule has 0 spiro atoms. The van der Waals surface area contributed by atoms with Gasteiger partial charge in [-0.1, -0.05) is 29.6 Å². The third-order valence-electron chi connectivity index (χ3n) is 13.1. The van der Waals surface area contributed by atoms with Crippen molar-refractivity contribution in [2.45, 2.75) is 127 Å². The van der Waals surface area contributed by atoms with Gasteiger partial charge in [0, 0.05) is 91.3 Å². The summed E-state index contributed by atoms with van der Waals surface area (Å²) in [5.41, 5.74) is 19.9. The highest BCUT2D eigenvalue weighted by Gasteiger charge is 2.43. The highest BCUT2D eigenvalue weighted by atomic mass is 127.